The standard InChI is InChI=1S/C23H20F3N3O2S/c1-14-12-27-19-7-5-4-6-17(19)18(14)13-28-21(31)29(20(30)22(28,2)3)15-8-10-16(11-9-15)32-23(24,25)26/h4-12H,13H2,1-3H3. The van der Waals surface area contributed by atoms with Gasteiger partial charge in [-0.1, -0.05) is 18.2 Å². The number of thioether (sulfide) groups is 1. The molecule has 0 aliphatic carbocycles. The molecular weight excluding hydrogens is 439 g/mol. The van der Waals surface area contributed by atoms with Crippen LogP contribution in [0, 0.1) is 6.92 Å². The average Bonchev–Trinajstić information content (AvgIpc) is 2.89. The van der Waals surface area contributed by atoms with Crippen LogP contribution in [0.5, 0.6) is 0 Å². The molecule has 32 heavy (non-hydrogen) atoms. The maximum atomic E-state index is 13.3. The topological polar surface area (TPSA) is 53.5 Å². The summed E-state index contributed by atoms with van der Waals surface area (Å²) in [5, 5.41) is 0.899. The Labute approximate surface area is 187 Å². The van der Waals surface area contributed by atoms with E-state index in [0.29, 0.717) is 0 Å². The number of pyridine rings is 1. The van der Waals surface area contributed by atoms with Crippen molar-refractivity contribution in [3.8, 4) is 0 Å². The van der Waals surface area contributed by atoms with Gasteiger partial charge in [-0.15, -0.1) is 0 Å². The molecule has 0 radical (unpaired) electrons. The Balaban J connectivity index is 1.67. The molecule has 1 aliphatic rings. The van der Waals surface area contributed by atoms with E-state index in [-0.39, 0.29) is 28.9 Å². The second-order valence-corrected chi connectivity index (χ2v) is 9.19. The molecule has 2 aromatic carbocycles. The van der Waals surface area contributed by atoms with Crippen LogP contribution in [0.3, 0.4) is 0 Å². The summed E-state index contributed by atoms with van der Waals surface area (Å²) in [5.74, 6) is -0.435. The minimum Gasteiger partial charge on any atom is -0.305 e. The van der Waals surface area contributed by atoms with Crippen LogP contribution in [0.4, 0.5) is 23.7 Å². The highest BCUT2D eigenvalue weighted by atomic mass is 32.2. The second-order valence-electron chi connectivity index (χ2n) is 8.05. The number of para-hydroxylation sites is 1. The number of carbonyl (C=O) groups excluding carboxylic acids is 2. The summed E-state index contributed by atoms with van der Waals surface area (Å²) in [6.07, 6.45) is 1.74. The molecule has 1 aromatic heterocycles. The van der Waals surface area contributed by atoms with Crippen LogP contribution in [-0.4, -0.2) is 32.9 Å². The van der Waals surface area contributed by atoms with E-state index in [1.54, 1.807) is 20.0 Å². The molecule has 1 aliphatic heterocycles. The highest BCUT2D eigenvalue weighted by molar-refractivity contribution is 8.00. The molecule has 0 N–H and O–H groups in total. The Morgan fingerprint density at radius 1 is 1.03 bits per heavy atom. The molecule has 0 saturated carbocycles. The molecule has 0 bridgehead atoms. The minimum absolute atomic E-state index is 0.0182. The number of fused-ring (bicyclic) bond motifs is 1. The van der Waals surface area contributed by atoms with Crippen molar-refractivity contribution in [2.45, 2.75) is 43.3 Å². The van der Waals surface area contributed by atoms with Crippen molar-refractivity contribution in [2.24, 2.45) is 0 Å². The van der Waals surface area contributed by atoms with Gasteiger partial charge in [0.05, 0.1) is 11.2 Å². The number of anilines is 1. The first kappa shape index (κ1) is 22.1. The number of aryl methyl sites for hydroxylation is 1. The second kappa shape index (κ2) is 7.81. The summed E-state index contributed by atoms with van der Waals surface area (Å²) in [6.45, 7) is 5.43. The quantitative estimate of drug-likeness (QED) is 0.360. The molecule has 2 heterocycles. The lowest BCUT2D eigenvalue weighted by atomic mass is 10.00. The molecule has 3 aromatic rings. The summed E-state index contributed by atoms with van der Waals surface area (Å²) < 4.78 is 37.8. The van der Waals surface area contributed by atoms with Gasteiger partial charge in [-0.2, -0.15) is 13.2 Å². The number of halogens is 3. The SMILES string of the molecule is Cc1cnc2ccccc2c1CN1C(=O)N(c2ccc(SC(F)(F)F)cc2)C(=O)C1(C)C. The van der Waals surface area contributed by atoms with Crippen LogP contribution in [0.1, 0.15) is 25.0 Å². The number of rotatable bonds is 4. The normalized spacial score (nSPS) is 16.3. The summed E-state index contributed by atoms with van der Waals surface area (Å²) in [6, 6.07) is 12.3. The molecule has 5 nitrogen and oxygen atoms in total. The zero-order valence-corrected chi connectivity index (χ0v) is 18.4. The number of nitrogens with zero attached hydrogens (tertiary/aromatic N) is 3. The van der Waals surface area contributed by atoms with Crippen molar-refractivity contribution in [1.82, 2.24) is 9.88 Å². The highest BCUT2D eigenvalue weighted by Crippen LogP contribution is 2.39. The lowest BCUT2D eigenvalue weighted by Gasteiger charge is -2.28. The predicted octanol–water partition coefficient (Wildman–Crippen LogP) is 5.90. The zero-order chi connectivity index (χ0) is 23.3. The van der Waals surface area contributed by atoms with Gasteiger partial charge in [0.25, 0.3) is 5.91 Å². The van der Waals surface area contributed by atoms with Gasteiger partial charge in [0.1, 0.15) is 5.54 Å². The van der Waals surface area contributed by atoms with Crippen molar-refractivity contribution < 1.29 is 22.8 Å². The van der Waals surface area contributed by atoms with Gasteiger partial charge in [0.15, 0.2) is 0 Å². The zero-order valence-electron chi connectivity index (χ0n) is 17.6. The van der Waals surface area contributed by atoms with Gasteiger partial charge in [-0.05, 0) is 74.0 Å². The van der Waals surface area contributed by atoms with Crippen LogP contribution in [0.25, 0.3) is 10.9 Å². The fraction of sp³-hybridized carbons (Fsp3) is 0.261. The van der Waals surface area contributed by atoms with E-state index in [4.69, 9.17) is 0 Å². The molecule has 1 saturated heterocycles. The van der Waals surface area contributed by atoms with Gasteiger partial charge >= 0.3 is 11.5 Å². The third-order valence-corrected chi connectivity index (χ3v) is 6.31. The number of carbonyl (C=O) groups is 2. The Bertz CT molecular complexity index is 1210. The van der Waals surface area contributed by atoms with E-state index in [1.165, 1.54) is 29.2 Å². The van der Waals surface area contributed by atoms with Gasteiger partial charge in [0, 0.05) is 23.0 Å². The Kier molecular flexibility index (Phi) is 5.40. The third kappa shape index (κ3) is 3.92. The Hall–Kier alpha value is -3.07. The van der Waals surface area contributed by atoms with Crippen molar-refractivity contribution in [2.75, 3.05) is 4.90 Å². The first-order chi connectivity index (χ1) is 15.0. The summed E-state index contributed by atoms with van der Waals surface area (Å²) in [4.78, 5) is 33.4. The number of hydrogen-bond donors (Lipinski definition) is 0. The van der Waals surface area contributed by atoms with Crippen molar-refractivity contribution >= 4 is 40.3 Å². The van der Waals surface area contributed by atoms with Crippen LogP contribution >= 0.6 is 11.8 Å². The maximum absolute atomic E-state index is 13.3. The van der Waals surface area contributed by atoms with Crippen LogP contribution < -0.4 is 4.90 Å². The molecule has 3 amide bonds. The number of urea groups is 1. The molecule has 4 rings (SSSR count). The van der Waals surface area contributed by atoms with E-state index in [1.807, 2.05) is 31.2 Å². The van der Waals surface area contributed by atoms with Crippen molar-refractivity contribution in [3.05, 3.63) is 65.9 Å². The molecule has 0 atom stereocenters. The van der Waals surface area contributed by atoms with Gasteiger partial charge < -0.3 is 4.90 Å². The average molecular weight is 459 g/mol. The lowest BCUT2D eigenvalue weighted by molar-refractivity contribution is -0.123. The first-order valence-corrected chi connectivity index (χ1v) is 10.7. The molecular formula is C23H20F3N3O2S. The molecule has 166 valence electrons. The molecule has 9 heteroatoms. The smallest absolute Gasteiger partial charge is 0.305 e. The largest absolute Gasteiger partial charge is 0.446 e. The Morgan fingerprint density at radius 2 is 1.69 bits per heavy atom. The van der Waals surface area contributed by atoms with Crippen LogP contribution in [0.2, 0.25) is 0 Å². The lowest BCUT2D eigenvalue weighted by Crippen LogP contribution is -2.43. The van der Waals surface area contributed by atoms with E-state index in [0.717, 1.165) is 26.9 Å². The van der Waals surface area contributed by atoms with Gasteiger partial charge in [0.2, 0.25) is 0 Å². The van der Waals surface area contributed by atoms with E-state index >= 15 is 0 Å². The van der Waals surface area contributed by atoms with Crippen molar-refractivity contribution in [1.29, 1.82) is 0 Å². The predicted molar refractivity (Wildman–Crippen MR) is 117 cm³/mol. The number of amides is 3. The third-order valence-electron chi connectivity index (χ3n) is 5.57. The van der Waals surface area contributed by atoms with E-state index in [2.05, 4.69) is 4.98 Å². The minimum atomic E-state index is -4.41. The molecule has 0 spiro atoms. The summed E-state index contributed by atoms with van der Waals surface area (Å²) in [5.41, 5.74) is -2.73. The van der Waals surface area contributed by atoms with Crippen molar-refractivity contribution in [3.63, 3.8) is 0 Å². The van der Waals surface area contributed by atoms with E-state index in [9.17, 15) is 22.8 Å². The van der Waals surface area contributed by atoms with E-state index < -0.39 is 23.0 Å². The van der Waals surface area contributed by atoms with Gasteiger partial charge in [-0.25, -0.2) is 9.69 Å². The maximum Gasteiger partial charge on any atom is 0.446 e. The van der Waals surface area contributed by atoms with Crippen LogP contribution in [-0.2, 0) is 11.3 Å². The number of aromatic nitrogens is 1. The summed E-state index contributed by atoms with van der Waals surface area (Å²) >= 11 is -0.246. The number of imide groups is 1. The number of alkyl halides is 3. The van der Waals surface area contributed by atoms with Crippen LogP contribution in [0.15, 0.2) is 59.6 Å². The first-order valence-electron chi connectivity index (χ1n) is 9.84. The number of benzene rings is 2. The summed E-state index contributed by atoms with van der Waals surface area (Å²) in [7, 11) is 0. The number of hydrogen-bond acceptors (Lipinski definition) is 4. The fourth-order valence-electron chi connectivity index (χ4n) is 3.79. The molecule has 1 fully saturated rings. The molecule has 0 unspecified atom stereocenters. The van der Waals surface area contributed by atoms with Gasteiger partial charge in [-0.3, -0.25) is 9.78 Å². The monoisotopic (exact) mass is 459 g/mol. The fourth-order valence-corrected chi connectivity index (χ4v) is 4.33. The highest BCUT2D eigenvalue weighted by Gasteiger charge is 2.52. The Morgan fingerprint density at radius 3 is 2.34 bits per heavy atom.